The minimum absolute atomic E-state index is 0. The van der Waals surface area contributed by atoms with Crippen LogP contribution in [0.15, 0.2) is 23.2 Å². The number of hydrogen-bond acceptors (Lipinski definition) is 4. The summed E-state index contributed by atoms with van der Waals surface area (Å²) in [5.74, 6) is 2.61. The van der Waals surface area contributed by atoms with Crippen molar-refractivity contribution in [3.05, 3.63) is 23.8 Å². The molecule has 1 aliphatic rings. The van der Waals surface area contributed by atoms with Crippen molar-refractivity contribution in [1.82, 2.24) is 16.0 Å². The molecule has 0 spiro atoms. The van der Waals surface area contributed by atoms with Gasteiger partial charge in [-0.25, -0.2) is 0 Å². The predicted molar refractivity (Wildman–Crippen MR) is 127 cm³/mol. The predicted octanol–water partition coefficient (Wildman–Crippen LogP) is 3.24. The number of carbonyl (C=O) groups excluding carboxylic acids is 1. The highest BCUT2D eigenvalue weighted by atomic mass is 127. The minimum atomic E-state index is 0. The van der Waals surface area contributed by atoms with E-state index >= 15 is 0 Å². The number of carbonyl (C=O) groups is 1. The van der Waals surface area contributed by atoms with Crippen LogP contribution in [0.3, 0.4) is 0 Å². The van der Waals surface area contributed by atoms with Gasteiger partial charge in [0.05, 0.1) is 25.8 Å². The van der Waals surface area contributed by atoms with Crippen LogP contribution in [0.5, 0.6) is 11.5 Å². The van der Waals surface area contributed by atoms with Gasteiger partial charge in [0.2, 0.25) is 5.91 Å². The molecule has 8 heteroatoms. The molecule has 1 amide bonds. The molecule has 1 atom stereocenters. The first-order valence-corrected chi connectivity index (χ1v) is 10.3. The van der Waals surface area contributed by atoms with Crippen LogP contribution in [-0.2, 0) is 4.79 Å². The van der Waals surface area contributed by atoms with E-state index in [0.717, 1.165) is 42.4 Å². The molecule has 0 heterocycles. The van der Waals surface area contributed by atoms with Crippen LogP contribution in [0, 0.1) is 5.92 Å². The Hall–Kier alpha value is -1.71. The molecule has 1 aromatic rings. The van der Waals surface area contributed by atoms with Crippen molar-refractivity contribution in [1.29, 1.82) is 0 Å². The number of amides is 1. The number of nitrogens with one attached hydrogen (secondary N) is 3. The molecule has 0 aliphatic heterocycles. The van der Waals surface area contributed by atoms with Gasteiger partial charge in [0.1, 0.15) is 0 Å². The second-order valence-corrected chi connectivity index (χ2v) is 6.76. The molecule has 164 valence electrons. The zero-order valence-corrected chi connectivity index (χ0v) is 20.2. The Kier molecular flexibility index (Phi) is 11.8. The van der Waals surface area contributed by atoms with E-state index in [9.17, 15) is 4.79 Å². The van der Waals surface area contributed by atoms with E-state index in [4.69, 9.17) is 9.47 Å². The second-order valence-electron chi connectivity index (χ2n) is 6.76. The molecule has 2 rings (SSSR count). The van der Waals surface area contributed by atoms with Gasteiger partial charge in [0.15, 0.2) is 17.5 Å². The van der Waals surface area contributed by atoms with Crippen molar-refractivity contribution >= 4 is 35.8 Å². The largest absolute Gasteiger partial charge is 0.490 e. The van der Waals surface area contributed by atoms with Crippen molar-refractivity contribution in [2.24, 2.45) is 10.9 Å². The van der Waals surface area contributed by atoms with Crippen LogP contribution in [0.1, 0.15) is 52.1 Å². The normalized spacial score (nSPS) is 14.4. The van der Waals surface area contributed by atoms with Crippen LogP contribution in [0.2, 0.25) is 0 Å². The molecule has 1 fully saturated rings. The highest BCUT2D eigenvalue weighted by Crippen LogP contribution is 2.30. The molecule has 0 aromatic heterocycles. The molecule has 1 aromatic carbocycles. The maximum absolute atomic E-state index is 11.7. The lowest BCUT2D eigenvalue weighted by molar-refractivity contribution is -0.122. The lowest BCUT2D eigenvalue weighted by Gasteiger charge is -2.20. The summed E-state index contributed by atoms with van der Waals surface area (Å²) in [5.41, 5.74) is 1.08. The molecule has 3 N–H and O–H groups in total. The van der Waals surface area contributed by atoms with Crippen molar-refractivity contribution in [2.75, 3.05) is 32.8 Å². The lowest BCUT2D eigenvalue weighted by atomic mass is 10.1. The van der Waals surface area contributed by atoms with Gasteiger partial charge in [0.25, 0.3) is 0 Å². The first-order chi connectivity index (χ1) is 13.6. The van der Waals surface area contributed by atoms with Crippen LogP contribution < -0.4 is 25.4 Å². The summed E-state index contributed by atoms with van der Waals surface area (Å²) in [7, 11) is 0. The van der Waals surface area contributed by atoms with Gasteiger partial charge >= 0.3 is 0 Å². The number of guanidine groups is 1. The number of hydrogen-bond donors (Lipinski definition) is 3. The Morgan fingerprint density at radius 3 is 2.45 bits per heavy atom. The van der Waals surface area contributed by atoms with E-state index in [1.54, 1.807) is 0 Å². The van der Waals surface area contributed by atoms with E-state index < -0.39 is 0 Å². The molecule has 7 nitrogen and oxygen atoms in total. The third-order valence-electron chi connectivity index (χ3n) is 4.39. The van der Waals surface area contributed by atoms with Crippen LogP contribution in [0.25, 0.3) is 0 Å². The summed E-state index contributed by atoms with van der Waals surface area (Å²) < 4.78 is 11.4. The quantitative estimate of drug-likeness (QED) is 0.181. The zero-order chi connectivity index (χ0) is 20.4. The SMILES string of the molecule is CCNC(=NCCNC(=O)C1CC1)NC(C)c1ccc(OCC)c(OCC)c1.I. The summed E-state index contributed by atoms with van der Waals surface area (Å²) >= 11 is 0. The third-order valence-corrected chi connectivity index (χ3v) is 4.39. The van der Waals surface area contributed by atoms with Crippen molar-refractivity contribution in [3.63, 3.8) is 0 Å². The maximum atomic E-state index is 11.7. The van der Waals surface area contributed by atoms with Crippen LogP contribution in [0.4, 0.5) is 0 Å². The van der Waals surface area contributed by atoms with E-state index in [-0.39, 0.29) is 41.8 Å². The van der Waals surface area contributed by atoms with E-state index in [1.807, 2.05) is 39.0 Å². The summed E-state index contributed by atoms with van der Waals surface area (Å²) in [4.78, 5) is 16.2. The Bertz CT molecular complexity index is 665. The number of ether oxygens (including phenoxy) is 2. The average molecular weight is 518 g/mol. The van der Waals surface area contributed by atoms with Gasteiger partial charge in [-0.15, -0.1) is 24.0 Å². The van der Waals surface area contributed by atoms with E-state index in [2.05, 4.69) is 27.9 Å². The fraction of sp³-hybridized carbons (Fsp3) is 0.619. The standard InChI is InChI=1S/C21H34N4O3.HI/c1-5-22-21(24-13-12-23-20(26)16-8-9-16)25-15(4)17-10-11-18(27-6-2)19(14-17)28-7-3;/h10-11,14-16H,5-9,12-13H2,1-4H3,(H,23,26)(H2,22,24,25);1H. The Balaban J connectivity index is 0.00000420. The van der Waals surface area contributed by atoms with Crippen LogP contribution in [-0.4, -0.2) is 44.7 Å². The number of aliphatic imine (C=N–C) groups is 1. The van der Waals surface area contributed by atoms with E-state index in [0.29, 0.717) is 26.3 Å². The van der Waals surface area contributed by atoms with Crippen LogP contribution >= 0.6 is 24.0 Å². The minimum Gasteiger partial charge on any atom is -0.490 e. The molecule has 1 saturated carbocycles. The third kappa shape index (κ3) is 8.67. The fourth-order valence-electron chi connectivity index (χ4n) is 2.78. The van der Waals surface area contributed by atoms with Crippen molar-refractivity contribution in [3.8, 4) is 11.5 Å². The number of halogens is 1. The topological polar surface area (TPSA) is 84.0 Å². The molecule has 0 radical (unpaired) electrons. The summed E-state index contributed by atoms with van der Waals surface area (Å²) in [6.45, 7) is 11.1. The molecular weight excluding hydrogens is 483 g/mol. The highest BCUT2D eigenvalue weighted by molar-refractivity contribution is 14.0. The summed E-state index contributed by atoms with van der Waals surface area (Å²) in [6.07, 6.45) is 2.03. The fourth-order valence-corrected chi connectivity index (χ4v) is 2.78. The van der Waals surface area contributed by atoms with Gasteiger partial charge in [0, 0.05) is 19.0 Å². The summed E-state index contributed by atoms with van der Waals surface area (Å²) in [5, 5.41) is 9.59. The molecule has 29 heavy (non-hydrogen) atoms. The monoisotopic (exact) mass is 518 g/mol. The smallest absolute Gasteiger partial charge is 0.223 e. The lowest BCUT2D eigenvalue weighted by Crippen LogP contribution is -2.39. The van der Waals surface area contributed by atoms with Crippen molar-refractivity contribution in [2.45, 2.75) is 46.6 Å². The highest BCUT2D eigenvalue weighted by Gasteiger charge is 2.28. The van der Waals surface area contributed by atoms with E-state index in [1.165, 1.54) is 0 Å². The molecule has 1 unspecified atom stereocenters. The first-order valence-electron chi connectivity index (χ1n) is 10.3. The molecule has 1 aliphatic carbocycles. The van der Waals surface area contributed by atoms with Gasteiger partial charge in [-0.05, 0) is 58.2 Å². The Morgan fingerprint density at radius 1 is 1.14 bits per heavy atom. The van der Waals surface area contributed by atoms with Gasteiger partial charge in [-0.2, -0.15) is 0 Å². The van der Waals surface area contributed by atoms with Gasteiger partial charge in [-0.1, -0.05) is 6.07 Å². The number of benzene rings is 1. The van der Waals surface area contributed by atoms with Crippen molar-refractivity contribution < 1.29 is 14.3 Å². The molecular formula is C21H35IN4O3. The number of nitrogens with zero attached hydrogens (tertiary/aromatic N) is 1. The second kappa shape index (κ2) is 13.5. The Labute approximate surface area is 191 Å². The summed E-state index contributed by atoms with van der Waals surface area (Å²) in [6, 6.07) is 6.02. The zero-order valence-electron chi connectivity index (χ0n) is 17.9. The van der Waals surface area contributed by atoms with Gasteiger partial charge in [-0.3, -0.25) is 9.79 Å². The molecule has 0 saturated heterocycles. The first kappa shape index (κ1) is 25.3. The number of rotatable bonds is 11. The van der Waals surface area contributed by atoms with Gasteiger partial charge < -0.3 is 25.4 Å². The average Bonchev–Trinajstić information content (AvgIpc) is 3.52. The molecule has 0 bridgehead atoms. The Morgan fingerprint density at radius 2 is 1.83 bits per heavy atom. The maximum Gasteiger partial charge on any atom is 0.223 e.